The quantitative estimate of drug-likeness (QED) is 0.894. The van der Waals surface area contributed by atoms with Crippen LogP contribution >= 0.6 is 0 Å². The molecule has 0 atom stereocenters. The van der Waals surface area contributed by atoms with Crippen LogP contribution in [0, 0.1) is 0 Å². The third kappa shape index (κ3) is 3.85. The number of hydrogen-bond donors (Lipinski definition) is 2. The van der Waals surface area contributed by atoms with Crippen LogP contribution < -0.4 is 5.43 Å². The normalized spacial score (nSPS) is 17.7. The topological polar surface area (TPSA) is 55.8 Å². The van der Waals surface area contributed by atoms with Gasteiger partial charge in [0.25, 0.3) is 0 Å². The molecule has 0 aromatic heterocycles. The highest BCUT2D eigenvalue weighted by Gasteiger charge is 2.32. The summed E-state index contributed by atoms with van der Waals surface area (Å²) >= 11 is 0. The van der Waals surface area contributed by atoms with Gasteiger partial charge < -0.3 is 15.4 Å². The first kappa shape index (κ1) is 15.6. The van der Waals surface area contributed by atoms with E-state index >= 15 is 0 Å². The molecule has 1 aromatic carbocycles. The molecular weight excluding hydrogens is 287 g/mol. The maximum atomic E-state index is 12.6. The number of anilines is 1. The third-order valence-electron chi connectivity index (χ3n) is 3.36. The van der Waals surface area contributed by atoms with Gasteiger partial charge in [0.15, 0.2) is 0 Å². The van der Waals surface area contributed by atoms with Crippen LogP contribution in [0.25, 0.3) is 0 Å². The number of rotatable bonds is 3. The van der Waals surface area contributed by atoms with Gasteiger partial charge in [0, 0.05) is 26.2 Å². The molecule has 116 valence electrons. The van der Waals surface area contributed by atoms with Gasteiger partial charge in [0.1, 0.15) is 0 Å². The van der Waals surface area contributed by atoms with Gasteiger partial charge in [-0.2, -0.15) is 13.2 Å². The Bertz CT molecular complexity index is 526. The molecule has 2 N–H and O–H groups in total. The summed E-state index contributed by atoms with van der Waals surface area (Å²) in [5.41, 5.74) is 1.70. The first-order valence-electron chi connectivity index (χ1n) is 6.42. The lowest BCUT2D eigenvalue weighted by atomic mass is 10.1. The average Bonchev–Trinajstić information content (AvgIpc) is 2.40. The molecular formula is C13H16F3N3O2. The van der Waals surface area contributed by atoms with Crippen molar-refractivity contribution in [3.63, 3.8) is 0 Å². The molecule has 5 nitrogen and oxygen atoms in total. The number of piperazine rings is 1. The van der Waals surface area contributed by atoms with E-state index < -0.39 is 17.7 Å². The molecule has 0 bridgehead atoms. The SMILES string of the molecule is CN1CCN(Nc2ccc(C(F)(F)F)cc2C(=O)O)CC1. The molecule has 0 radical (unpaired) electrons. The summed E-state index contributed by atoms with van der Waals surface area (Å²) in [4.78, 5) is 13.3. The number of alkyl halides is 3. The number of likely N-dealkylation sites (N-methyl/N-ethyl adjacent to an activating group) is 1. The van der Waals surface area contributed by atoms with Gasteiger partial charge in [0.05, 0.1) is 16.8 Å². The van der Waals surface area contributed by atoms with Crippen LogP contribution in [0.2, 0.25) is 0 Å². The largest absolute Gasteiger partial charge is 0.478 e. The number of halogens is 3. The van der Waals surface area contributed by atoms with E-state index in [4.69, 9.17) is 5.11 Å². The van der Waals surface area contributed by atoms with E-state index in [1.54, 1.807) is 5.01 Å². The van der Waals surface area contributed by atoms with E-state index in [0.29, 0.717) is 19.2 Å². The molecule has 0 spiro atoms. The Balaban J connectivity index is 2.21. The van der Waals surface area contributed by atoms with Gasteiger partial charge in [-0.3, -0.25) is 0 Å². The second-order valence-corrected chi connectivity index (χ2v) is 4.97. The van der Waals surface area contributed by atoms with Crippen LogP contribution in [-0.4, -0.2) is 54.2 Å². The van der Waals surface area contributed by atoms with Crippen molar-refractivity contribution in [2.45, 2.75) is 6.18 Å². The molecule has 0 amide bonds. The lowest BCUT2D eigenvalue weighted by Gasteiger charge is -2.33. The van der Waals surface area contributed by atoms with Crippen molar-refractivity contribution in [3.8, 4) is 0 Å². The Labute approximate surface area is 119 Å². The lowest BCUT2D eigenvalue weighted by Crippen LogP contribution is -2.47. The number of carboxylic acids is 1. The molecule has 1 aliphatic heterocycles. The van der Waals surface area contributed by atoms with Crippen molar-refractivity contribution < 1.29 is 23.1 Å². The van der Waals surface area contributed by atoms with Crippen molar-refractivity contribution in [1.29, 1.82) is 0 Å². The molecule has 21 heavy (non-hydrogen) atoms. The van der Waals surface area contributed by atoms with Crippen LogP contribution in [0.3, 0.4) is 0 Å². The number of hydrogen-bond acceptors (Lipinski definition) is 4. The van der Waals surface area contributed by atoms with Gasteiger partial charge in [-0.1, -0.05) is 0 Å². The Kier molecular flexibility index (Phi) is 4.38. The van der Waals surface area contributed by atoms with E-state index in [0.717, 1.165) is 25.2 Å². The molecule has 1 saturated heterocycles. The summed E-state index contributed by atoms with van der Waals surface area (Å²) < 4.78 is 37.9. The fraction of sp³-hybridized carbons (Fsp3) is 0.462. The maximum absolute atomic E-state index is 12.6. The zero-order valence-corrected chi connectivity index (χ0v) is 11.4. The van der Waals surface area contributed by atoms with E-state index in [-0.39, 0.29) is 11.3 Å². The van der Waals surface area contributed by atoms with Crippen molar-refractivity contribution in [1.82, 2.24) is 9.91 Å². The zero-order chi connectivity index (χ0) is 15.6. The first-order chi connectivity index (χ1) is 9.77. The highest BCUT2D eigenvalue weighted by molar-refractivity contribution is 5.94. The minimum Gasteiger partial charge on any atom is -0.478 e. The summed E-state index contributed by atoms with van der Waals surface area (Å²) in [7, 11) is 1.97. The van der Waals surface area contributed by atoms with E-state index in [1.807, 2.05) is 7.05 Å². The Morgan fingerprint density at radius 1 is 1.24 bits per heavy atom. The summed E-state index contributed by atoms with van der Waals surface area (Å²) in [5.74, 6) is -1.39. The molecule has 8 heteroatoms. The zero-order valence-electron chi connectivity index (χ0n) is 11.4. The number of hydrazine groups is 1. The highest BCUT2D eigenvalue weighted by atomic mass is 19.4. The molecule has 2 rings (SSSR count). The predicted octanol–water partition coefficient (Wildman–Crippen LogP) is 1.98. The van der Waals surface area contributed by atoms with Crippen LogP contribution in [0.5, 0.6) is 0 Å². The molecule has 1 fully saturated rings. The van der Waals surface area contributed by atoms with E-state index in [9.17, 15) is 18.0 Å². The second-order valence-electron chi connectivity index (χ2n) is 4.97. The summed E-state index contributed by atoms with van der Waals surface area (Å²) in [6.07, 6.45) is -4.56. The van der Waals surface area contributed by atoms with Crippen molar-refractivity contribution in [2.75, 3.05) is 38.7 Å². The lowest BCUT2D eigenvalue weighted by molar-refractivity contribution is -0.137. The number of aromatic carboxylic acids is 1. The Morgan fingerprint density at radius 2 is 1.86 bits per heavy atom. The van der Waals surface area contributed by atoms with E-state index in [2.05, 4.69) is 10.3 Å². The summed E-state index contributed by atoms with van der Waals surface area (Å²) in [6.45, 7) is 2.93. The molecule has 0 aliphatic carbocycles. The van der Waals surface area contributed by atoms with Gasteiger partial charge in [0.2, 0.25) is 0 Å². The second kappa shape index (κ2) is 5.90. The molecule has 1 aliphatic rings. The number of benzene rings is 1. The maximum Gasteiger partial charge on any atom is 0.416 e. The average molecular weight is 303 g/mol. The Morgan fingerprint density at radius 3 is 2.38 bits per heavy atom. The van der Waals surface area contributed by atoms with E-state index in [1.165, 1.54) is 0 Å². The van der Waals surface area contributed by atoms with Gasteiger partial charge >= 0.3 is 12.1 Å². The smallest absolute Gasteiger partial charge is 0.416 e. The van der Waals surface area contributed by atoms with Crippen molar-refractivity contribution >= 4 is 11.7 Å². The molecule has 1 heterocycles. The molecule has 0 saturated carbocycles. The minimum absolute atomic E-state index is 0.167. The molecule has 0 unspecified atom stereocenters. The third-order valence-corrected chi connectivity index (χ3v) is 3.36. The van der Waals surface area contributed by atoms with Crippen LogP contribution in [0.4, 0.5) is 18.9 Å². The standard InChI is InChI=1S/C13H16F3N3O2/c1-18-4-6-19(7-5-18)17-11-3-2-9(13(14,15)16)8-10(11)12(20)21/h2-3,8,17H,4-7H2,1H3,(H,20,21). The van der Waals surface area contributed by atoms with Crippen LogP contribution in [-0.2, 0) is 6.18 Å². The fourth-order valence-corrected chi connectivity index (χ4v) is 2.08. The fourth-order valence-electron chi connectivity index (χ4n) is 2.08. The monoisotopic (exact) mass is 303 g/mol. The number of carbonyl (C=O) groups is 1. The summed E-state index contributed by atoms with van der Waals surface area (Å²) in [6, 6.07) is 2.69. The van der Waals surface area contributed by atoms with Gasteiger partial charge in [-0.25, -0.2) is 9.80 Å². The highest BCUT2D eigenvalue weighted by Crippen LogP contribution is 2.32. The minimum atomic E-state index is -4.56. The predicted molar refractivity (Wildman–Crippen MR) is 71.1 cm³/mol. The van der Waals surface area contributed by atoms with Gasteiger partial charge in [-0.05, 0) is 25.2 Å². The molecule has 1 aromatic rings. The van der Waals surface area contributed by atoms with Crippen LogP contribution in [0.1, 0.15) is 15.9 Å². The first-order valence-corrected chi connectivity index (χ1v) is 6.42. The Hall–Kier alpha value is -1.80. The van der Waals surface area contributed by atoms with Gasteiger partial charge in [-0.15, -0.1) is 0 Å². The van der Waals surface area contributed by atoms with Crippen molar-refractivity contribution in [2.24, 2.45) is 0 Å². The van der Waals surface area contributed by atoms with Crippen molar-refractivity contribution in [3.05, 3.63) is 29.3 Å². The number of nitrogens with zero attached hydrogens (tertiary/aromatic N) is 2. The van der Waals surface area contributed by atoms with Crippen LogP contribution in [0.15, 0.2) is 18.2 Å². The summed E-state index contributed by atoms with van der Waals surface area (Å²) in [5, 5.41) is 10.9. The number of nitrogens with one attached hydrogen (secondary N) is 1. The number of carboxylic acid groups (broad SMARTS) is 1.